The fourth-order valence-corrected chi connectivity index (χ4v) is 4.99. The quantitative estimate of drug-likeness (QED) is 0.673. The van der Waals surface area contributed by atoms with Gasteiger partial charge in [0.15, 0.2) is 0 Å². The summed E-state index contributed by atoms with van der Waals surface area (Å²) < 4.78 is 1.65. The van der Waals surface area contributed by atoms with Gasteiger partial charge in [-0.05, 0) is 56.1 Å². The first kappa shape index (κ1) is 19.8. The van der Waals surface area contributed by atoms with Gasteiger partial charge < -0.3 is 15.2 Å². The first-order valence-corrected chi connectivity index (χ1v) is 11.0. The maximum atomic E-state index is 12.3. The molecule has 0 bridgehead atoms. The lowest BCUT2D eigenvalue weighted by atomic mass is 10.0. The van der Waals surface area contributed by atoms with Crippen LogP contribution in [0.3, 0.4) is 0 Å². The summed E-state index contributed by atoms with van der Waals surface area (Å²) in [5.41, 5.74) is 3.48. The lowest BCUT2D eigenvalue weighted by Gasteiger charge is -2.37. The third-order valence-electron chi connectivity index (χ3n) is 6.77. The van der Waals surface area contributed by atoms with E-state index in [0.29, 0.717) is 17.7 Å². The van der Waals surface area contributed by atoms with Crippen molar-refractivity contribution < 1.29 is 4.79 Å². The SMILES string of the molecule is CNC(=O)c1ccc(N2CCC(N3CCC(c4cc5cccn5c(=O)[nH]4)C3)CC2)cn1. The molecule has 0 aliphatic carbocycles. The lowest BCUT2D eigenvalue weighted by molar-refractivity contribution is 0.0958. The number of carbonyl (C=O) groups excluding carboxylic acids is 1. The van der Waals surface area contributed by atoms with Crippen molar-refractivity contribution in [3.63, 3.8) is 0 Å². The maximum absolute atomic E-state index is 12.3. The van der Waals surface area contributed by atoms with Crippen LogP contribution in [-0.4, -0.2) is 64.4 Å². The molecule has 1 unspecified atom stereocenters. The molecule has 2 fully saturated rings. The molecule has 0 aromatic carbocycles. The van der Waals surface area contributed by atoms with Crippen molar-refractivity contribution in [1.29, 1.82) is 0 Å². The van der Waals surface area contributed by atoms with Crippen molar-refractivity contribution in [1.82, 2.24) is 24.6 Å². The molecule has 2 aliphatic heterocycles. The number of nitrogens with zero attached hydrogens (tertiary/aromatic N) is 4. The fraction of sp³-hybridized carbons (Fsp3) is 0.435. The normalized spacial score (nSPS) is 20.4. The molecule has 3 aromatic rings. The van der Waals surface area contributed by atoms with Gasteiger partial charge >= 0.3 is 5.69 Å². The van der Waals surface area contributed by atoms with Crippen molar-refractivity contribution in [2.24, 2.45) is 0 Å². The Hall–Kier alpha value is -3.13. The third-order valence-corrected chi connectivity index (χ3v) is 6.77. The number of rotatable bonds is 4. The van der Waals surface area contributed by atoms with E-state index in [4.69, 9.17) is 0 Å². The van der Waals surface area contributed by atoms with Gasteiger partial charge in [0.05, 0.1) is 17.4 Å². The standard InChI is InChI=1S/C23H28N6O2/c1-24-22(30)20-5-4-19(14-25-20)27-11-7-17(8-12-27)28-10-6-16(15-28)21-13-18-3-2-9-29(18)23(31)26-21/h2-5,9,13-14,16-17H,6-8,10-12,15H2,1H3,(H,24,30)(H,26,31). The molecule has 162 valence electrons. The Bertz CT molecular complexity index is 1130. The number of anilines is 1. The number of nitrogens with one attached hydrogen (secondary N) is 2. The van der Waals surface area contributed by atoms with E-state index < -0.39 is 0 Å². The number of pyridine rings is 1. The second-order valence-corrected chi connectivity index (χ2v) is 8.51. The summed E-state index contributed by atoms with van der Waals surface area (Å²) in [7, 11) is 1.61. The lowest BCUT2D eigenvalue weighted by Crippen LogP contribution is -2.44. The van der Waals surface area contributed by atoms with Gasteiger partial charge in [-0.25, -0.2) is 9.78 Å². The second kappa shape index (κ2) is 8.19. The average Bonchev–Trinajstić information content (AvgIpc) is 3.49. The van der Waals surface area contributed by atoms with Crippen LogP contribution in [0.2, 0.25) is 0 Å². The van der Waals surface area contributed by atoms with Crippen molar-refractivity contribution in [2.45, 2.75) is 31.2 Å². The Morgan fingerprint density at radius 2 is 2.00 bits per heavy atom. The number of fused-ring (bicyclic) bond motifs is 1. The molecular formula is C23H28N6O2. The summed E-state index contributed by atoms with van der Waals surface area (Å²) >= 11 is 0. The number of carbonyl (C=O) groups is 1. The molecule has 2 saturated heterocycles. The highest BCUT2D eigenvalue weighted by Crippen LogP contribution is 2.31. The van der Waals surface area contributed by atoms with E-state index >= 15 is 0 Å². The zero-order valence-corrected chi connectivity index (χ0v) is 17.8. The molecule has 0 radical (unpaired) electrons. The zero-order chi connectivity index (χ0) is 21.4. The van der Waals surface area contributed by atoms with Gasteiger partial charge in [-0.15, -0.1) is 0 Å². The molecule has 31 heavy (non-hydrogen) atoms. The number of aromatic amines is 1. The number of aromatic nitrogens is 3. The molecule has 0 saturated carbocycles. The molecule has 2 N–H and O–H groups in total. The third kappa shape index (κ3) is 3.83. The van der Waals surface area contributed by atoms with E-state index in [1.807, 2.05) is 18.2 Å². The van der Waals surface area contributed by atoms with Crippen molar-refractivity contribution >= 4 is 17.1 Å². The molecular weight excluding hydrogens is 392 g/mol. The number of hydrogen-bond acceptors (Lipinski definition) is 5. The van der Waals surface area contributed by atoms with Crippen LogP contribution >= 0.6 is 0 Å². The van der Waals surface area contributed by atoms with E-state index in [2.05, 4.69) is 31.2 Å². The van der Waals surface area contributed by atoms with Crippen LogP contribution in [0.25, 0.3) is 5.52 Å². The highest BCUT2D eigenvalue weighted by Gasteiger charge is 2.32. The number of likely N-dealkylation sites (tertiary alicyclic amines) is 1. The molecule has 2 aliphatic rings. The molecule has 5 heterocycles. The number of H-pyrrole nitrogens is 1. The van der Waals surface area contributed by atoms with Crippen LogP contribution in [0.5, 0.6) is 0 Å². The van der Waals surface area contributed by atoms with E-state index in [-0.39, 0.29) is 11.6 Å². The van der Waals surface area contributed by atoms with Crippen LogP contribution in [0.4, 0.5) is 5.69 Å². The van der Waals surface area contributed by atoms with Crippen molar-refractivity contribution in [2.75, 3.05) is 38.1 Å². The monoisotopic (exact) mass is 420 g/mol. The minimum atomic E-state index is -0.161. The minimum absolute atomic E-state index is 0.0553. The summed E-state index contributed by atoms with van der Waals surface area (Å²) in [5.74, 6) is 0.221. The number of hydrogen-bond donors (Lipinski definition) is 2. The van der Waals surface area contributed by atoms with Gasteiger partial charge in [0.2, 0.25) is 0 Å². The topological polar surface area (TPSA) is 85.7 Å². The van der Waals surface area contributed by atoms with Gasteiger partial charge in [0, 0.05) is 50.5 Å². The van der Waals surface area contributed by atoms with Crippen LogP contribution in [-0.2, 0) is 0 Å². The highest BCUT2D eigenvalue weighted by atomic mass is 16.2. The van der Waals surface area contributed by atoms with Crippen molar-refractivity contribution in [3.8, 4) is 0 Å². The highest BCUT2D eigenvalue weighted by molar-refractivity contribution is 5.92. The predicted octanol–water partition coefficient (Wildman–Crippen LogP) is 1.84. The Labute approximate surface area is 180 Å². The summed E-state index contributed by atoms with van der Waals surface area (Å²) in [5, 5.41) is 2.60. The van der Waals surface area contributed by atoms with Gasteiger partial charge in [0.1, 0.15) is 5.69 Å². The van der Waals surface area contributed by atoms with E-state index in [1.165, 1.54) is 0 Å². The molecule has 0 spiro atoms. The Balaban J connectivity index is 1.19. The molecule has 1 atom stereocenters. The van der Waals surface area contributed by atoms with Gasteiger partial charge in [0.25, 0.3) is 5.91 Å². The molecule has 8 nitrogen and oxygen atoms in total. The average molecular weight is 421 g/mol. The Morgan fingerprint density at radius 3 is 2.74 bits per heavy atom. The van der Waals surface area contributed by atoms with Crippen LogP contribution < -0.4 is 15.9 Å². The fourth-order valence-electron chi connectivity index (χ4n) is 4.99. The van der Waals surface area contributed by atoms with Crippen LogP contribution in [0.1, 0.15) is 41.4 Å². The number of piperidine rings is 1. The summed E-state index contributed by atoms with van der Waals surface area (Å²) in [6.07, 6.45) is 6.90. The van der Waals surface area contributed by atoms with E-state index in [9.17, 15) is 9.59 Å². The Kier molecular flexibility index (Phi) is 5.23. The summed E-state index contributed by atoms with van der Waals surface area (Å²) in [4.78, 5) is 36.3. The van der Waals surface area contributed by atoms with Gasteiger partial charge in [-0.1, -0.05) is 0 Å². The summed E-state index contributed by atoms with van der Waals surface area (Å²) in [6.45, 7) is 4.05. The first-order chi connectivity index (χ1) is 15.1. The maximum Gasteiger partial charge on any atom is 0.330 e. The largest absolute Gasteiger partial charge is 0.370 e. The smallest absolute Gasteiger partial charge is 0.330 e. The zero-order valence-electron chi connectivity index (χ0n) is 17.8. The first-order valence-electron chi connectivity index (χ1n) is 11.0. The van der Waals surface area contributed by atoms with Crippen LogP contribution in [0, 0.1) is 0 Å². The second-order valence-electron chi connectivity index (χ2n) is 8.51. The molecule has 8 heteroatoms. The summed E-state index contributed by atoms with van der Waals surface area (Å²) in [6, 6.07) is 10.4. The molecule has 3 aromatic heterocycles. The van der Waals surface area contributed by atoms with Crippen LogP contribution in [0.15, 0.2) is 47.5 Å². The number of amides is 1. The molecule has 1 amide bonds. The van der Waals surface area contributed by atoms with E-state index in [1.54, 1.807) is 29.9 Å². The Morgan fingerprint density at radius 1 is 1.16 bits per heavy atom. The van der Waals surface area contributed by atoms with Gasteiger partial charge in [-0.3, -0.25) is 14.1 Å². The molecule has 5 rings (SSSR count). The van der Waals surface area contributed by atoms with Crippen molar-refractivity contribution in [3.05, 3.63) is 64.6 Å². The van der Waals surface area contributed by atoms with Gasteiger partial charge in [-0.2, -0.15) is 0 Å². The van der Waals surface area contributed by atoms with E-state index in [0.717, 1.165) is 62.3 Å². The predicted molar refractivity (Wildman–Crippen MR) is 120 cm³/mol. The minimum Gasteiger partial charge on any atom is -0.370 e.